The molecule has 0 aromatic heterocycles. The van der Waals surface area contributed by atoms with Crippen LogP contribution in [0.5, 0.6) is 5.75 Å². The predicted molar refractivity (Wildman–Crippen MR) is 146 cm³/mol. The van der Waals surface area contributed by atoms with E-state index in [0.29, 0.717) is 23.1 Å². The summed E-state index contributed by atoms with van der Waals surface area (Å²) in [6.45, 7) is 0. The first kappa shape index (κ1) is 27.4. The maximum Gasteiger partial charge on any atom is 0.328 e. The molecule has 1 fully saturated rings. The van der Waals surface area contributed by atoms with Crippen molar-refractivity contribution in [1.29, 1.82) is 0 Å². The van der Waals surface area contributed by atoms with E-state index in [0.717, 1.165) is 6.08 Å². The third kappa shape index (κ3) is 5.79. The number of aliphatic carboxylic acids is 1. The highest BCUT2D eigenvalue weighted by atomic mass is 35.5. The van der Waals surface area contributed by atoms with Crippen molar-refractivity contribution >= 4 is 63.9 Å². The predicted octanol–water partition coefficient (Wildman–Crippen LogP) is 5.21. The summed E-state index contributed by atoms with van der Waals surface area (Å²) >= 11 is 12.4. The highest BCUT2D eigenvalue weighted by Gasteiger charge is 2.47. The van der Waals surface area contributed by atoms with Crippen LogP contribution in [0.25, 0.3) is 5.76 Å². The number of anilines is 2. The van der Waals surface area contributed by atoms with Gasteiger partial charge >= 0.3 is 5.97 Å². The third-order valence-corrected chi connectivity index (χ3v) is 6.57. The van der Waals surface area contributed by atoms with Crippen LogP contribution >= 0.6 is 23.2 Å². The number of aliphatic hydroxyl groups is 1. The quantitative estimate of drug-likeness (QED) is 0.203. The normalized spacial score (nSPS) is 16.5. The maximum atomic E-state index is 13.3. The summed E-state index contributed by atoms with van der Waals surface area (Å²) in [5, 5.41) is 23.0. The Labute approximate surface area is 232 Å². The fraction of sp³-hybridized carbons (Fsp3) is 0.0714. The first-order valence-corrected chi connectivity index (χ1v) is 12.1. The number of hydrogen-bond acceptors (Lipinski definition) is 6. The molecule has 1 heterocycles. The lowest BCUT2D eigenvalue weighted by molar-refractivity contribution is -0.132. The Morgan fingerprint density at radius 1 is 0.949 bits per heavy atom. The van der Waals surface area contributed by atoms with Gasteiger partial charge in [0.05, 0.1) is 28.8 Å². The van der Waals surface area contributed by atoms with Crippen molar-refractivity contribution in [2.24, 2.45) is 0 Å². The van der Waals surface area contributed by atoms with Gasteiger partial charge in [0, 0.05) is 29.1 Å². The van der Waals surface area contributed by atoms with Crippen LogP contribution in [0.3, 0.4) is 0 Å². The first-order chi connectivity index (χ1) is 18.6. The number of rotatable bonds is 7. The molecule has 1 unspecified atom stereocenters. The van der Waals surface area contributed by atoms with Crippen LogP contribution in [0.1, 0.15) is 17.2 Å². The molecule has 4 rings (SSSR count). The Kier molecular flexibility index (Phi) is 8.04. The average molecular weight is 567 g/mol. The highest BCUT2D eigenvalue weighted by molar-refractivity contribution is 6.52. The Hall–Kier alpha value is -4.60. The molecule has 3 aromatic rings. The molecule has 3 N–H and O–H groups in total. The van der Waals surface area contributed by atoms with Gasteiger partial charge in [-0.25, -0.2) is 4.79 Å². The van der Waals surface area contributed by atoms with E-state index >= 15 is 0 Å². The van der Waals surface area contributed by atoms with Crippen LogP contribution < -0.4 is 15.0 Å². The molecule has 9 nitrogen and oxygen atoms in total. The Balaban J connectivity index is 1.83. The zero-order valence-electron chi connectivity index (χ0n) is 20.2. The summed E-state index contributed by atoms with van der Waals surface area (Å²) in [6.07, 6.45) is 1.51. The number of aliphatic hydroxyl groups excluding tert-OH is 1. The molecule has 3 aromatic carbocycles. The molecule has 0 bridgehead atoms. The van der Waals surface area contributed by atoms with Gasteiger partial charge in [-0.05, 0) is 54.1 Å². The number of benzene rings is 3. The lowest BCUT2D eigenvalue weighted by atomic mass is 9.95. The number of carbonyl (C=O) groups excluding carboxylic acids is 3. The zero-order chi connectivity index (χ0) is 28.3. The number of amides is 2. The van der Waals surface area contributed by atoms with E-state index in [1.807, 2.05) is 0 Å². The lowest BCUT2D eigenvalue weighted by Crippen LogP contribution is -2.29. The van der Waals surface area contributed by atoms with Crippen molar-refractivity contribution in [3.63, 3.8) is 0 Å². The fourth-order valence-corrected chi connectivity index (χ4v) is 4.38. The second-order valence-corrected chi connectivity index (χ2v) is 9.10. The molecule has 39 heavy (non-hydrogen) atoms. The van der Waals surface area contributed by atoms with Gasteiger partial charge in [0.2, 0.25) is 5.91 Å². The number of hydrogen-bond donors (Lipinski definition) is 3. The van der Waals surface area contributed by atoms with Crippen LogP contribution in [0.15, 0.2) is 84.5 Å². The highest BCUT2D eigenvalue weighted by Crippen LogP contribution is 2.43. The van der Waals surface area contributed by atoms with Crippen molar-refractivity contribution < 1.29 is 34.1 Å². The molecule has 2 amide bonds. The van der Waals surface area contributed by atoms with Gasteiger partial charge in [-0.15, -0.1) is 0 Å². The number of halogens is 2. The number of nitrogens with zero attached hydrogens (tertiary/aromatic N) is 1. The summed E-state index contributed by atoms with van der Waals surface area (Å²) in [5.41, 5.74) is 0.939. The summed E-state index contributed by atoms with van der Waals surface area (Å²) in [7, 11) is 1.50. The second-order valence-electron chi connectivity index (χ2n) is 8.28. The molecule has 11 heteroatoms. The molecule has 1 atom stereocenters. The van der Waals surface area contributed by atoms with Gasteiger partial charge in [-0.1, -0.05) is 41.4 Å². The largest absolute Gasteiger partial charge is 0.507 e. The summed E-state index contributed by atoms with van der Waals surface area (Å²) < 4.78 is 5.19. The molecule has 198 valence electrons. The minimum Gasteiger partial charge on any atom is -0.507 e. The Morgan fingerprint density at radius 3 is 2.31 bits per heavy atom. The fourth-order valence-electron chi connectivity index (χ4n) is 4.07. The van der Waals surface area contributed by atoms with Crippen LogP contribution in [-0.4, -0.2) is 40.9 Å². The molecular weight excluding hydrogens is 547 g/mol. The van der Waals surface area contributed by atoms with Crippen LogP contribution in [0.4, 0.5) is 11.4 Å². The van der Waals surface area contributed by atoms with Crippen LogP contribution in [0.2, 0.25) is 10.0 Å². The SMILES string of the molecule is COc1ccc(N2C(=O)C(=O)C(=C(O)c3cccc(NC(=O)/C=C\C(=O)O)c3)C2c2ccc(Cl)c(Cl)c2)cc1. The number of carbonyl (C=O) groups is 4. The van der Waals surface area contributed by atoms with E-state index in [1.165, 1.54) is 48.4 Å². The second kappa shape index (κ2) is 11.4. The number of Topliss-reactive ketones (excluding diaryl/α,β-unsaturated/α-hetero) is 1. The molecule has 0 saturated carbocycles. The van der Waals surface area contributed by atoms with E-state index in [1.54, 1.807) is 30.3 Å². The van der Waals surface area contributed by atoms with Gasteiger partial charge in [0.25, 0.3) is 11.7 Å². The van der Waals surface area contributed by atoms with Gasteiger partial charge in [0.1, 0.15) is 11.5 Å². The molecule has 0 radical (unpaired) electrons. The van der Waals surface area contributed by atoms with E-state index < -0.39 is 35.4 Å². The van der Waals surface area contributed by atoms with Crippen molar-refractivity contribution in [1.82, 2.24) is 0 Å². The van der Waals surface area contributed by atoms with E-state index in [4.69, 9.17) is 33.0 Å². The minimum absolute atomic E-state index is 0.132. The number of carboxylic acid groups (broad SMARTS) is 1. The Morgan fingerprint density at radius 2 is 1.67 bits per heavy atom. The number of nitrogens with one attached hydrogen (secondary N) is 1. The van der Waals surface area contributed by atoms with Gasteiger partial charge in [-0.2, -0.15) is 0 Å². The monoisotopic (exact) mass is 566 g/mol. The number of methoxy groups -OCH3 is 1. The maximum absolute atomic E-state index is 13.3. The number of ether oxygens (including phenoxy) is 1. The smallest absolute Gasteiger partial charge is 0.328 e. The zero-order valence-corrected chi connectivity index (χ0v) is 21.7. The van der Waals surface area contributed by atoms with Crippen molar-refractivity contribution in [2.75, 3.05) is 17.3 Å². The van der Waals surface area contributed by atoms with E-state index in [2.05, 4.69) is 5.32 Å². The molecule has 1 aliphatic heterocycles. The molecule has 1 saturated heterocycles. The summed E-state index contributed by atoms with van der Waals surface area (Å²) in [4.78, 5) is 50.6. The van der Waals surface area contributed by atoms with Crippen molar-refractivity contribution in [2.45, 2.75) is 6.04 Å². The van der Waals surface area contributed by atoms with E-state index in [9.17, 15) is 24.3 Å². The van der Waals surface area contributed by atoms with Crippen molar-refractivity contribution in [3.05, 3.63) is 106 Å². The summed E-state index contributed by atoms with van der Waals surface area (Å²) in [5.74, 6) is -3.76. The topological polar surface area (TPSA) is 133 Å². The number of carboxylic acids is 1. The van der Waals surface area contributed by atoms with Crippen molar-refractivity contribution in [3.8, 4) is 5.75 Å². The summed E-state index contributed by atoms with van der Waals surface area (Å²) in [6, 6.07) is 15.9. The van der Waals surface area contributed by atoms with E-state index in [-0.39, 0.29) is 26.9 Å². The standard InChI is InChI=1S/C28H20Cl2N2O7/c1-39-19-8-6-18(7-9-19)32-25(15-5-10-20(29)21(30)14-15)24(27(37)28(32)38)26(36)16-3-2-4-17(13-16)31-22(33)11-12-23(34)35/h2-14,25,36H,1H3,(H,31,33)(H,34,35)/b12-11-,26-24?. The molecule has 1 aliphatic rings. The van der Waals surface area contributed by atoms with Gasteiger partial charge in [-0.3, -0.25) is 19.3 Å². The first-order valence-electron chi connectivity index (χ1n) is 11.3. The number of ketones is 1. The molecule has 0 spiro atoms. The van der Waals surface area contributed by atoms with Gasteiger partial charge < -0.3 is 20.3 Å². The Bertz CT molecular complexity index is 1550. The lowest BCUT2D eigenvalue weighted by Gasteiger charge is -2.26. The minimum atomic E-state index is -1.29. The average Bonchev–Trinajstić information content (AvgIpc) is 3.19. The third-order valence-electron chi connectivity index (χ3n) is 5.84. The molecule has 0 aliphatic carbocycles. The van der Waals surface area contributed by atoms with Crippen LogP contribution in [0, 0.1) is 0 Å². The van der Waals surface area contributed by atoms with Crippen LogP contribution in [-0.2, 0) is 19.2 Å². The molecular formula is C28H20Cl2N2O7. The van der Waals surface area contributed by atoms with Gasteiger partial charge in [0.15, 0.2) is 0 Å².